The van der Waals surface area contributed by atoms with Crippen molar-refractivity contribution in [3.05, 3.63) is 94.4 Å². The minimum atomic E-state index is -4.78. The van der Waals surface area contributed by atoms with Gasteiger partial charge in [0.1, 0.15) is 11.6 Å². The van der Waals surface area contributed by atoms with Crippen LogP contribution >= 0.6 is 0 Å². The van der Waals surface area contributed by atoms with Crippen LogP contribution in [0.1, 0.15) is 37.4 Å². The summed E-state index contributed by atoms with van der Waals surface area (Å²) in [5, 5.41) is 2.31. The number of ether oxygens (including phenoxy) is 1. The lowest BCUT2D eigenvalue weighted by Crippen LogP contribution is -2.19. The summed E-state index contributed by atoms with van der Waals surface area (Å²) in [6, 6.07) is 10.7. The third kappa shape index (κ3) is 5.49. The largest absolute Gasteiger partial charge is 0.465 e. The molecule has 162 valence electrons. The van der Waals surface area contributed by atoms with Crippen molar-refractivity contribution in [3.63, 3.8) is 0 Å². The molecular formula is C23H14F4N2O3. The molecule has 0 saturated carbocycles. The van der Waals surface area contributed by atoms with Gasteiger partial charge in [-0.05, 0) is 48.5 Å². The van der Waals surface area contributed by atoms with Gasteiger partial charge in [0.05, 0.1) is 23.8 Å². The Morgan fingerprint density at radius 2 is 1.75 bits per heavy atom. The lowest BCUT2D eigenvalue weighted by molar-refractivity contribution is -0.137. The minimum Gasteiger partial charge on any atom is -0.465 e. The van der Waals surface area contributed by atoms with Gasteiger partial charge in [-0.1, -0.05) is 17.9 Å². The first-order valence-corrected chi connectivity index (χ1v) is 9.02. The number of carbonyl (C=O) groups is 2. The first-order chi connectivity index (χ1) is 15.2. The predicted octanol–water partition coefficient (Wildman–Crippen LogP) is 4.68. The van der Waals surface area contributed by atoms with Crippen LogP contribution in [0.3, 0.4) is 0 Å². The lowest BCUT2D eigenvalue weighted by Gasteiger charge is -2.13. The molecule has 0 spiro atoms. The maximum Gasteiger partial charge on any atom is 0.417 e. The highest BCUT2D eigenvalue weighted by atomic mass is 19.4. The number of amides is 1. The summed E-state index contributed by atoms with van der Waals surface area (Å²) in [6.07, 6.45) is -3.40. The van der Waals surface area contributed by atoms with Gasteiger partial charge in [0.25, 0.3) is 5.91 Å². The molecule has 9 heteroatoms. The number of hydrogen-bond acceptors (Lipinski definition) is 4. The van der Waals surface area contributed by atoms with Crippen molar-refractivity contribution in [2.75, 3.05) is 12.4 Å². The highest BCUT2D eigenvalue weighted by Crippen LogP contribution is 2.32. The molecule has 2 aromatic carbocycles. The van der Waals surface area contributed by atoms with Crippen LogP contribution in [0.5, 0.6) is 0 Å². The van der Waals surface area contributed by atoms with E-state index in [4.69, 9.17) is 0 Å². The maximum absolute atomic E-state index is 13.8. The molecule has 1 N–H and O–H groups in total. The molecule has 32 heavy (non-hydrogen) atoms. The number of nitrogens with zero attached hydrogens (tertiary/aromatic N) is 1. The Hall–Kier alpha value is -4.19. The van der Waals surface area contributed by atoms with Gasteiger partial charge < -0.3 is 10.1 Å². The Bertz CT molecular complexity index is 1230. The molecule has 1 amide bonds. The van der Waals surface area contributed by atoms with Crippen molar-refractivity contribution in [2.24, 2.45) is 0 Å². The number of benzene rings is 2. The fraction of sp³-hybridized carbons (Fsp3) is 0.0870. The Labute approximate surface area is 180 Å². The molecule has 3 aromatic rings. The van der Waals surface area contributed by atoms with Gasteiger partial charge in [-0.3, -0.25) is 4.79 Å². The fourth-order valence-corrected chi connectivity index (χ4v) is 2.72. The fourth-order valence-electron chi connectivity index (χ4n) is 2.72. The van der Waals surface area contributed by atoms with E-state index in [9.17, 15) is 27.2 Å². The highest BCUT2D eigenvalue weighted by Gasteiger charge is 2.35. The van der Waals surface area contributed by atoms with E-state index in [1.165, 1.54) is 18.3 Å². The van der Waals surface area contributed by atoms with E-state index < -0.39 is 35.0 Å². The van der Waals surface area contributed by atoms with E-state index in [1.54, 1.807) is 12.1 Å². The average molecular weight is 442 g/mol. The Balaban J connectivity index is 1.98. The van der Waals surface area contributed by atoms with E-state index in [1.807, 2.05) is 0 Å². The van der Waals surface area contributed by atoms with Crippen LogP contribution in [0.2, 0.25) is 0 Å². The summed E-state index contributed by atoms with van der Waals surface area (Å²) in [7, 11) is 1.14. The van der Waals surface area contributed by atoms with Gasteiger partial charge >= 0.3 is 12.1 Å². The number of methoxy groups -OCH3 is 1. The molecule has 0 unspecified atom stereocenters. The van der Waals surface area contributed by atoms with Crippen molar-refractivity contribution in [1.29, 1.82) is 0 Å². The number of anilines is 1. The summed E-state index contributed by atoms with van der Waals surface area (Å²) >= 11 is 0. The van der Waals surface area contributed by atoms with Gasteiger partial charge in [-0.2, -0.15) is 13.2 Å². The van der Waals surface area contributed by atoms with Crippen molar-refractivity contribution >= 4 is 17.7 Å². The van der Waals surface area contributed by atoms with Crippen LogP contribution in [0, 0.1) is 17.7 Å². The second-order valence-corrected chi connectivity index (χ2v) is 6.40. The van der Waals surface area contributed by atoms with Gasteiger partial charge in [0, 0.05) is 17.3 Å². The molecule has 0 bridgehead atoms. The van der Waals surface area contributed by atoms with Gasteiger partial charge in [-0.15, -0.1) is 0 Å². The quantitative estimate of drug-likeness (QED) is 0.364. The van der Waals surface area contributed by atoms with Crippen molar-refractivity contribution in [2.45, 2.75) is 6.18 Å². The number of esters is 1. The number of nitrogens with one attached hydrogen (secondary N) is 1. The molecule has 0 radical (unpaired) electrons. The van der Waals surface area contributed by atoms with Gasteiger partial charge in [0.2, 0.25) is 0 Å². The third-order valence-corrected chi connectivity index (χ3v) is 4.15. The topological polar surface area (TPSA) is 68.3 Å². The molecule has 1 heterocycles. The van der Waals surface area contributed by atoms with Crippen LogP contribution in [0.4, 0.5) is 23.4 Å². The molecule has 0 aliphatic heterocycles. The summed E-state index contributed by atoms with van der Waals surface area (Å²) in [5.41, 5.74) is -1.68. The van der Waals surface area contributed by atoms with Crippen LogP contribution in [-0.4, -0.2) is 24.0 Å². The van der Waals surface area contributed by atoms with Crippen LogP contribution in [0.15, 0.2) is 60.8 Å². The Kier molecular flexibility index (Phi) is 6.54. The van der Waals surface area contributed by atoms with Gasteiger partial charge in [0.15, 0.2) is 0 Å². The molecule has 0 aliphatic rings. The smallest absolute Gasteiger partial charge is 0.417 e. The minimum absolute atomic E-state index is 0.0698. The zero-order valence-electron chi connectivity index (χ0n) is 16.5. The molecule has 1 aromatic heterocycles. The maximum atomic E-state index is 13.8. The van der Waals surface area contributed by atoms with E-state index in [0.717, 1.165) is 37.4 Å². The monoisotopic (exact) mass is 442 g/mol. The Morgan fingerprint density at radius 1 is 1.00 bits per heavy atom. The number of aromatic nitrogens is 1. The highest BCUT2D eigenvalue weighted by molar-refractivity contribution is 6.05. The van der Waals surface area contributed by atoms with Crippen molar-refractivity contribution in [1.82, 2.24) is 4.98 Å². The number of pyridine rings is 1. The van der Waals surface area contributed by atoms with Crippen molar-refractivity contribution < 1.29 is 31.9 Å². The van der Waals surface area contributed by atoms with E-state index >= 15 is 0 Å². The molecule has 0 fully saturated rings. The summed E-state index contributed by atoms with van der Waals surface area (Å²) in [4.78, 5) is 28.0. The Morgan fingerprint density at radius 3 is 2.41 bits per heavy atom. The number of rotatable bonds is 3. The van der Waals surface area contributed by atoms with Crippen molar-refractivity contribution in [3.8, 4) is 11.8 Å². The number of carbonyl (C=O) groups excluding carboxylic acids is 2. The normalized spacial score (nSPS) is 10.7. The number of hydrogen-bond donors (Lipinski definition) is 1. The van der Waals surface area contributed by atoms with E-state index in [2.05, 4.69) is 26.9 Å². The summed E-state index contributed by atoms with van der Waals surface area (Å²) in [6.45, 7) is 0. The van der Waals surface area contributed by atoms with Crippen LogP contribution in [0.25, 0.3) is 0 Å². The zero-order chi connectivity index (χ0) is 23.3. The van der Waals surface area contributed by atoms with Crippen LogP contribution in [-0.2, 0) is 10.9 Å². The number of alkyl halides is 3. The summed E-state index contributed by atoms with van der Waals surface area (Å²) in [5.74, 6) is 2.71. The molecule has 0 aliphatic carbocycles. The predicted molar refractivity (Wildman–Crippen MR) is 107 cm³/mol. The molecular weight excluding hydrogens is 428 g/mol. The SMILES string of the molecule is COC(=O)c1cc(F)cc(C#Cc2ccc(C(F)(F)F)c(C(=O)Nc3ccccn3)c2)c1. The second-order valence-electron chi connectivity index (χ2n) is 6.40. The van der Waals surface area contributed by atoms with Crippen LogP contribution < -0.4 is 5.32 Å². The second kappa shape index (κ2) is 9.31. The number of halogens is 4. The van der Waals surface area contributed by atoms with Gasteiger partial charge in [-0.25, -0.2) is 14.2 Å². The average Bonchev–Trinajstić information content (AvgIpc) is 2.76. The summed E-state index contributed by atoms with van der Waals surface area (Å²) < 4.78 is 58.5. The standard InChI is InChI=1S/C23H14F4N2O3/c1-32-22(31)16-10-15(11-17(24)13-16)6-5-14-7-8-19(23(25,26)27)18(12-14)21(30)29-20-4-2-3-9-28-20/h2-4,7-13H,1H3,(H,28,29,30). The molecule has 0 atom stereocenters. The van der Waals surface area contributed by atoms with E-state index in [0.29, 0.717) is 0 Å². The molecule has 3 rings (SSSR count). The molecule has 5 nitrogen and oxygen atoms in total. The lowest BCUT2D eigenvalue weighted by atomic mass is 10.0. The first kappa shape index (κ1) is 22.5. The first-order valence-electron chi connectivity index (χ1n) is 9.02. The zero-order valence-corrected chi connectivity index (χ0v) is 16.5. The van der Waals surface area contributed by atoms with E-state index in [-0.39, 0.29) is 22.5 Å². The molecule has 0 saturated heterocycles. The third-order valence-electron chi connectivity index (χ3n) is 4.15.